The third kappa shape index (κ3) is 3.38. The fourth-order valence-electron chi connectivity index (χ4n) is 3.65. The van der Waals surface area contributed by atoms with E-state index in [2.05, 4.69) is 53.4 Å². The van der Waals surface area contributed by atoms with Crippen molar-refractivity contribution >= 4 is 34.3 Å². The normalized spacial score (nSPS) is 10.8. The minimum atomic E-state index is 0.645. The number of benzene rings is 4. The van der Waals surface area contributed by atoms with E-state index in [4.69, 9.17) is 4.42 Å². The molecule has 5 aromatic rings. The minimum Gasteiger partial charge on any atom is -0.456 e. The molecule has 0 saturated heterocycles. The molecule has 0 amide bonds. The van der Waals surface area contributed by atoms with Gasteiger partial charge in [0.1, 0.15) is 17.6 Å². The summed E-state index contributed by atoms with van der Waals surface area (Å²) in [4.78, 5) is 13.2. The standard InChI is InChI=1S/C27H19NO2/c29-19-20-11-16-26-22(17-20)18-27(30-26)21-12-14-25(15-13-21)28(23-7-3-1-4-8-23)24-9-5-2-6-10-24/h1-19H. The maximum Gasteiger partial charge on any atom is 0.150 e. The fraction of sp³-hybridized carbons (Fsp3) is 0. The summed E-state index contributed by atoms with van der Waals surface area (Å²) in [6.45, 7) is 0. The maximum absolute atomic E-state index is 11.0. The van der Waals surface area contributed by atoms with Gasteiger partial charge in [0, 0.05) is 33.6 Å². The average molecular weight is 389 g/mol. The lowest BCUT2D eigenvalue weighted by Gasteiger charge is -2.25. The van der Waals surface area contributed by atoms with Crippen molar-refractivity contribution in [1.29, 1.82) is 0 Å². The largest absolute Gasteiger partial charge is 0.456 e. The number of fused-ring (bicyclic) bond motifs is 1. The molecule has 5 rings (SSSR count). The van der Waals surface area contributed by atoms with Crippen LogP contribution in [0.2, 0.25) is 0 Å². The van der Waals surface area contributed by atoms with Crippen LogP contribution in [0.4, 0.5) is 17.1 Å². The molecule has 3 heteroatoms. The number of rotatable bonds is 5. The number of aldehydes is 1. The molecule has 0 aliphatic carbocycles. The number of anilines is 3. The van der Waals surface area contributed by atoms with Crippen molar-refractivity contribution in [2.45, 2.75) is 0 Å². The highest BCUT2D eigenvalue weighted by Gasteiger charge is 2.13. The van der Waals surface area contributed by atoms with Gasteiger partial charge in [-0.15, -0.1) is 0 Å². The van der Waals surface area contributed by atoms with E-state index in [1.54, 1.807) is 6.07 Å². The minimum absolute atomic E-state index is 0.645. The summed E-state index contributed by atoms with van der Waals surface area (Å²) in [7, 11) is 0. The zero-order valence-electron chi connectivity index (χ0n) is 16.2. The topological polar surface area (TPSA) is 33.5 Å². The van der Waals surface area contributed by atoms with Gasteiger partial charge in [0.05, 0.1) is 0 Å². The van der Waals surface area contributed by atoms with Gasteiger partial charge in [0.2, 0.25) is 0 Å². The number of hydrogen-bond donors (Lipinski definition) is 0. The molecule has 1 aromatic heterocycles. The summed E-state index contributed by atoms with van der Waals surface area (Å²) < 4.78 is 5.99. The molecule has 0 unspecified atom stereocenters. The summed E-state index contributed by atoms with van der Waals surface area (Å²) in [5.41, 5.74) is 5.67. The predicted molar refractivity (Wildman–Crippen MR) is 122 cm³/mol. The summed E-state index contributed by atoms with van der Waals surface area (Å²) in [5.74, 6) is 0.783. The Morgan fingerprint density at radius 3 is 1.83 bits per heavy atom. The second-order valence-corrected chi connectivity index (χ2v) is 7.08. The number of carbonyl (C=O) groups is 1. The van der Waals surface area contributed by atoms with Gasteiger partial charge in [-0.1, -0.05) is 36.4 Å². The van der Waals surface area contributed by atoms with Gasteiger partial charge in [0.25, 0.3) is 0 Å². The number of furan rings is 1. The molecular weight excluding hydrogens is 370 g/mol. The van der Waals surface area contributed by atoms with Crippen molar-refractivity contribution < 1.29 is 9.21 Å². The van der Waals surface area contributed by atoms with Crippen LogP contribution in [0.5, 0.6) is 0 Å². The monoisotopic (exact) mass is 389 g/mol. The molecule has 0 saturated carbocycles. The van der Waals surface area contributed by atoms with Crippen molar-refractivity contribution in [3.8, 4) is 11.3 Å². The van der Waals surface area contributed by atoms with Crippen LogP contribution in [0.3, 0.4) is 0 Å². The molecule has 0 spiro atoms. The van der Waals surface area contributed by atoms with Crippen molar-refractivity contribution in [2.24, 2.45) is 0 Å². The van der Waals surface area contributed by atoms with E-state index in [1.165, 1.54) is 0 Å². The first-order chi connectivity index (χ1) is 14.8. The van der Waals surface area contributed by atoms with Gasteiger partial charge >= 0.3 is 0 Å². The third-order valence-electron chi connectivity index (χ3n) is 5.12. The second kappa shape index (κ2) is 7.72. The zero-order chi connectivity index (χ0) is 20.3. The Morgan fingerprint density at radius 2 is 1.23 bits per heavy atom. The van der Waals surface area contributed by atoms with E-state index >= 15 is 0 Å². The molecule has 30 heavy (non-hydrogen) atoms. The summed E-state index contributed by atoms with van der Waals surface area (Å²) >= 11 is 0. The van der Waals surface area contributed by atoms with Gasteiger partial charge < -0.3 is 9.32 Å². The van der Waals surface area contributed by atoms with Crippen LogP contribution in [0.25, 0.3) is 22.3 Å². The molecule has 4 aromatic carbocycles. The molecule has 0 fully saturated rings. The highest BCUT2D eigenvalue weighted by molar-refractivity contribution is 5.89. The zero-order valence-corrected chi connectivity index (χ0v) is 16.2. The van der Waals surface area contributed by atoms with E-state index in [-0.39, 0.29) is 0 Å². The molecular formula is C27H19NO2. The van der Waals surface area contributed by atoms with Crippen molar-refractivity contribution in [1.82, 2.24) is 0 Å². The van der Waals surface area contributed by atoms with Crippen molar-refractivity contribution in [3.63, 3.8) is 0 Å². The lowest BCUT2D eigenvalue weighted by molar-refractivity contribution is 0.112. The summed E-state index contributed by atoms with van der Waals surface area (Å²) in [5, 5.41) is 0.925. The van der Waals surface area contributed by atoms with Crippen LogP contribution >= 0.6 is 0 Å². The highest BCUT2D eigenvalue weighted by Crippen LogP contribution is 2.36. The molecule has 0 bridgehead atoms. The van der Waals surface area contributed by atoms with E-state index < -0.39 is 0 Å². The van der Waals surface area contributed by atoms with E-state index in [9.17, 15) is 4.79 Å². The molecule has 0 radical (unpaired) electrons. The maximum atomic E-state index is 11.0. The molecule has 3 nitrogen and oxygen atoms in total. The average Bonchev–Trinajstić information content (AvgIpc) is 3.24. The number of para-hydroxylation sites is 2. The van der Waals surface area contributed by atoms with Gasteiger partial charge in [0.15, 0.2) is 0 Å². The van der Waals surface area contributed by atoms with Crippen molar-refractivity contribution in [3.05, 3.63) is 115 Å². The van der Waals surface area contributed by atoms with Gasteiger partial charge in [-0.25, -0.2) is 0 Å². The molecule has 0 N–H and O–H groups in total. The molecule has 0 aliphatic rings. The Morgan fingerprint density at radius 1 is 0.633 bits per heavy atom. The van der Waals surface area contributed by atoms with Crippen LogP contribution in [-0.2, 0) is 0 Å². The van der Waals surface area contributed by atoms with E-state index in [0.717, 1.165) is 45.6 Å². The second-order valence-electron chi connectivity index (χ2n) is 7.08. The van der Waals surface area contributed by atoms with E-state index in [1.807, 2.05) is 54.6 Å². The third-order valence-corrected chi connectivity index (χ3v) is 5.12. The van der Waals surface area contributed by atoms with E-state index in [0.29, 0.717) is 5.56 Å². The Kier molecular flexibility index (Phi) is 4.62. The van der Waals surface area contributed by atoms with Gasteiger partial charge in [-0.05, 0) is 72.8 Å². The molecule has 144 valence electrons. The molecule has 0 atom stereocenters. The SMILES string of the molecule is O=Cc1ccc2oc(-c3ccc(N(c4ccccc4)c4ccccc4)cc3)cc2c1. The smallest absolute Gasteiger partial charge is 0.150 e. The quantitative estimate of drug-likeness (QED) is 0.294. The number of nitrogens with zero attached hydrogens (tertiary/aromatic N) is 1. The lowest BCUT2D eigenvalue weighted by atomic mass is 10.1. The Labute approximate surface area is 174 Å². The summed E-state index contributed by atoms with van der Waals surface area (Å²) in [6, 6.07) is 36.4. The predicted octanol–water partition coefficient (Wildman–Crippen LogP) is 7.38. The van der Waals surface area contributed by atoms with Crippen LogP contribution in [0, 0.1) is 0 Å². The fourth-order valence-corrected chi connectivity index (χ4v) is 3.65. The van der Waals surface area contributed by atoms with Crippen molar-refractivity contribution in [2.75, 3.05) is 4.90 Å². The Balaban J connectivity index is 1.53. The molecule has 0 aliphatic heterocycles. The first-order valence-electron chi connectivity index (χ1n) is 9.81. The van der Waals surface area contributed by atoms with Crippen LogP contribution in [0.15, 0.2) is 114 Å². The molecule has 1 heterocycles. The number of carbonyl (C=O) groups excluding carboxylic acids is 1. The van der Waals surface area contributed by atoms with Crippen LogP contribution in [-0.4, -0.2) is 6.29 Å². The first-order valence-corrected chi connectivity index (χ1v) is 9.81. The summed E-state index contributed by atoms with van der Waals surface area (Å²) in [6.07, 6.45) is 0.850. The number of hydrogen-bond acceptors (Lipinski definition) is 3. The van der Waals surface area contributed by atoms with Crippen LogP contribution in [0.1, 0.15) is 10.4 Å². The Hall–Kier alpha value is -4.11. The first kappa shape index (κ1) is 18.0. The van der Waals surface area contributed by atoms with Gasteiger partial charge in [-0.2, -0.15) is 0 Å². The van der Waals surface area contributed by atoms with Gasteiger partial charge in [-0.3, -0.25) is 4.79 Å². The van der Waals surface area contributed by atoms with Crippen LogP contribution < -0.4 is 4.90 Å². The Bertz CT molecular complexity index is 1250. The lowest BCUT2D eigenvalue weighted by Crippen LogP contribution is -2.09. The highest BCUT2D eigenvalue weighted by atomic mass is 16.3.